The number of nitrogen functional groups attached to an aromatic ring is 1. The molecule has 0 aliphatic rings. The molecule has 0 saturated heterocycles. The Morgan fingerprint density at radius 1 is 0.536 bits per heavy atom. The van der Waals surface area contributed by atoms with E-state index in [1.807, 2.05) is 98.7 Å². The van der Waals surface area contributed by atoms with Crippen molar-refractivity contribution in [3.63, 3.8) is 0 Å². The van der Waals surface area contributed by atoms with Crippen LogP contribution in [0.4, 0.5) is 22.7 Å². The quantitative estimate of drug-likeness (QED) is 0.154. The lowest BCUT2D eigenvalue weighted by Crippen LogP contribution is -2.28. The average Bonchev–Trinajstić information content (AvgIpc) is 3.07. The van der Waals surface area contributed by atoms with E-state index < -0.39 is 5.41 Å². The molecule has 0 heterocycles. The summed E-state index contributed by atoms with van der Waals surface area (Å²) in [6.45, 7) is 36.0. The zero-order valence-electron chi connectivity index (χ0n) is 37.8. The molecule has 4 aromatic carbocycles. The smallest absolute Gasteiger partial charge is 0.229 e. The standard InChI is InChI=1S/C16H26N2O2.C16H19NO.C16H25NO/c1-15(2,3)10-8-11(17)13(20-7)12(9-10)18-14(19)16(4,5)6;1-11-7-5-9-13-12(11)8-6-10-14(13)17-15(18)16(2,3)4;1-9-10(2)12(4)14(13(5)11(9)3)17-15(18)16(6,7)8/h8-9H,17H2,1-7H3,(H,18,19);5-10H,1-4H3,(H,17,18);1-8H3,(H,17,18). The van der Waals surface area contributed by atoms with Gasteiger partial charge in [-0.15, -0.1) is 0 Å². The Kier molecular flexibility index (Phi) is 15.2. The second-order valence-electron chi connectivity index (χ2n) is 19.0. The molecule has 8 nitrogen and oxygen atoms in total. The molecule has 0 atom stereocenters. The fraction of sp³-hybridized carbons (Fsp3) is 0.479. The molecule has 4 rings (SSSR count). The summed E-state index contributed by atoms with van der Waals surface area (Å²) in [4.78, 5) is 36.4. The largest absolute Gasteiger partial charge is 0.492 e. The summed E-state index contributed by atoms with van der Waals surface area (Å²) in [6.07, 6.45) is 0. The highest BCUT2D eigenvalue weighted by Crippen LogP contribution is 2.38. The maximum atomic E-state index is 12.2. The van der Waals surface area contributed by atoms with E-state index in [-0.39, 0.29) is 34.0 Å². The molecule has 0 fully saturated rings. The molecule has 3 amide bonds. The topological polar surface area (TPSA) is 123 Å². The molecule has 0 radical (unpaired) electrons. The lowest BCUT2D eigenvalue weighted by Gasteiger charge is -2.24. The molecule has 0 bridgehead atoms. The van der Waals surface area contributed by atoms with Crippen LogP contribution in [0.5, 0.6) is 5.75 Å². The minimum Gasteiger partial charge on any atom is -0.492 e. The van der Waals surface area contributed by atoms with Crippen LogP contribution in [0.1, 0.15) is 122 Å². The van der Waals surface area contributed by atoms with Crippen molar-refractivity contribution in [2.75, 3.05) is 28.8 Å². The SMILES string of the molecule is COc1c(N)cc(C(C)(C)C)cc1NC(=O)C(C)(C)C.Cc1c(C)c(C)c(NC(=O)C(C)(C)C)c(C)c1C.Cc1cccc2c(NC(=O)C(C)(C)C)cccc12. The van der Waals surface area contributed by atoms with E-state index in [0.717, 1.165) is 22.3 Å². The third kappa shape index (κ3) is 12.1. The zero-order valence-corrected chi connectivity index (χ0v) is 37.8. The highest BCUT2D eigenvalue weighted by molar-refractivity contribution is 6.04. The van der Waals surface area contributed by atoms with Crippen LogP contribution in [0.3, 0.4) is 0 Å². The molecule has 5 N–H and O–H groups in total. The van der Waals surface area contributed by atoms with E-state index in [2.05, 4.69) is 90.4 Å². The van der Waals surface area contributed by atoms with Gasteiger partial charge in [0.15, 0.2) is 5.75 Å². The Hall–Kier alpha value is -4.85. The number of nitrogens with two attached hydrogens (primary N) is 1. The number of hydrogen-bond acceptors (Lipinski definition) is 5. The van der Waals surface area contributed by atoms with Gasteiger partial charge in [-0.1, -0.05) is 113 Å². The molecule has 0 spiro atoms. The van der Waals surface area contributed by atoms with Gasteiger partial charge >= 0.3 is 0 Å². The highest BCUT2D eigenvalue weighted by Gasteiger charge is 2.26. The van der Waals surface area contributed by atoms with Crippen molar-refractivity contribution in [3.05, 3.63) is 87.5 Å². The molecule has 0 unspecified atom stereocenters. The number of amides is 3. The zero-order chi connectivity index (χ0) is 43.3. The van der Waals surface area contributed by atoms with Crippen LogP contribution in [0.25, 0.3) is 10.8 Å². The molecule has 0 aliphatic carbocycles. The number of carbonyl (C=O) groups excluding carboxylic acids is 3. The van der Waals surface area contributed by atoms with E-state index in [4.69, 9.17) is 10.5 Å². The van der Waals surface area contributed by atoms with Crippen LogP contribution >= 0.6 is 0 Å². The predicted octanol–water partition coefficient (Wildman–Crippen LogP) is 11.9. The Balaban J connectivity index is 0.000000291. The molecule has 0 aromatic heterocycles. The van der Waals surface area contributed by atoms with Gasteiger partial charge in [0.05, 0.1) is 18.5 Å². The molecule has 4 aromatic rings. The van der Waals surface area contributed by atoms with E-state index in [0.29, 0.717) is 17.1 Å². The Morgan fingerprint density at radius 3 is 1.39 bits per heavy atom. The van der Waals surface area contributed by atoms with Crippen LogP contribution in [-0.4, -0.2) is 24.8 Å². The third-order valence-corrected chi connectivity index (χ3v) is 10.1. The van der Waals surface area contributed by atoms with Crippen molar-refractivity contribution in [1.82, 2.24) is 0 Å². The number of nitrogens with one attached hydrogen (secondary N) is 3. The normalized spacial score (nSPS) is 11.8. The molecule has 0 aliphatic heterocycles. The molecule has 8 heteroatoms. The summed E-state index contributed by atoms with van der Waals surface area (Å²) in [6, 6.07) is 16.0. The highest BCUT2D eigenvalue weighted by atomic mass is 16.5. The van der Waals surface area contributed by atoms with E-state index in [1.165, 1.54) is 38.8 Å². The van der Waals surface area contributed by atoms with Crippen molar-refractivity contribution in [2.24, 2.45) is 16.2 Å². The minimum absolute atomic E-state index is 0.0384. The minimum atomic E-state index is -0.475. The van der Waals surface area contributed by atoms with Gasteiger partial charge in [0.25, 0.3) is 0 Å². The van der Waals surface area contributed by atoms with Gasteiger partial charge < -0.3 is 26.4 Å². The fourth-order valence-corrected chi connectivity index (χ4v) is 5.59. The number of ether oxygens (including phenoxy) is 1. The summed E-state index contributed by atoms with van der Waals surface area (Å²) >= 11 is 0. The Bertz CT molecular complexity index is 2040. The van der Waals surface area contributed by atoms with Crippen LogP contribution in [0.15, 0.2) is 48.5 Å². The van der Waals surface area contributed by atoms with Crippen molar-refractivity contribution in [2.45, 2.75) is 130 Å². The Morgan fingerprint density at radius 2 is 0.946 bits per heavy atom. The number of rotatable bonds is 4. The van der Waals surface area contributed by atoms with E-state index in [9.17, 15) is 14.4 Å². The van der Waals surface area contributed by atoms with Gasteiger partial charge in [-0.05, 0) is 109 Å². The van der Waals surface area contributed by atoms with Gasteiger partial charge in [-0.3, -0.25) is 14.4 Å². The maximum Gasteiger partial charge on any atom is 0.229 e. The summed E-state index contributed by atoms with van der Waals surface area (Å²) in [7, 11) is 1.55. The van der Waals surface area contributed by atoms with Crippen molar-refractivity contribution >= 4 is 51.2 Å². The number of methoxy groups -OCH3 is 1. The first-order chi connectivity index (χ1) is 25.4. The second kappa shape index (κ2) is 18.0. The van der Waals surface area contributed by atoms with Crippen molar-refractivity contribution in [3.8, 4) is 5.75 Å². The number of anilines is 4. The van der Waals surface area contributed by atoms with Crippen LogP contribution in [0, 0.1) is 57.8 Å². The monoisotopic (exact) mass is 767 g/mol. The lowest BCUT2D eigenvalue weighted by atomic mass is 9.86. The first-order valence-corrected chi connectivity index (χ1v) is 19.4. The number of aryl methyl sites for hydroxylation is 1. The molecular weight excluding hydrogens is 697 g/mol. The number of fused-ring (bicyclic) bond motifs is 1. The van der Waals surface area contributed by atoms with Gasteiger partial charge in [-0.25, -0.2) is 0 Å². The number of hydrogen-bond donors (Lipinski definition) is 4. The van der Waals surface area contributed by atoms with Gasteiger partial charge in [0.2, 0.25) is 17.7 Å². The number of carbonyl (C=O) groups is 3. The predicted molar refractivity (Wildman–Crippen MR) is 239 cm³/mol. The van der Waals surface area contributed by atoms with Crippen LogP contribution in [-0.2, 0) is 19.8 Å². The average molecular weight is 767 g/mol. The van der Waals surface area contributed by atoms with E-state index >= 15 is 0 Å². The van der Waals surface area contributed by atoms with Crippen molar-refractivity contribution < 1.29 is 19.1 Å². The summed E-state index contributed by atoms with van der Waals surface area (Å²) < 4.78 is 5.32. The van der Waals surface area contributed by atoms with Gasteiger partial charge in [0.1, 0.15) is 0 Å². The van der Waals surface area contributed by atoms with Gasteiger partial charge in [-0.2, -0.15) is 0 Å². The second-order valence-corrected chi connectivity index (χ2v) is 19.0. The van der Waals surface area contributed by atoms with E-state index in [1.54, 1.807) is 7.11 Å². The van der Waals surface area contributed by atoms with Crippen LogP contribution in [0.2, 0.25) is 0 Å². The summed E-state index contributed by atoms with van der Waals surface area (Å²) in [5, 5.41) is 11.3. The van der Waals surface area contributed by atoms with Crippen molar-refractivity contribution in [1.29, 1.82) is 0 Å². The first-order valence-electron chi connectivity index (χ1n) is 19.4. The summed E-state index contributed by atoms with van der Waals surface area (Å²) in [5.41, 5.74) is 16.3. The number of benzene rings is 4. The first kappa shape index (κ1) is 47.3. The molecule has 306 valence electrons. The lowest BCUT2D eigenvalue weighted by molar-refractivity contribution is -0.123. The molecule has 0 saturated carbocycles. The molecular formula is C48H70N4O4. The van der Waals surface area contributed by atoms with Crippen LogP contribution < -0.4 is 26.4 Å². The third-order valence-electron chi connectivity index (χ3n) is 10.1. The molecule has 56 heavy (non-hydrogen) atoms. The summed E-state index contributed by atoms with van der Waals surface area (Å²) in [5.74, 6) is 0.546. The maximum absolute atomic E-state index is 12.2. The van der Waals surface area contributed by atoms with Gasteiger partial charge in [0, 0.05) is 33.0 Å². The fourth-order valence-electron chi connectivity index (χ4n) is 5.59. The Labute approximate surface area is 337 Å².